The molecule has 1 unspecified atom stereocenters. The first-order valence-corrected chi connectivity index (χ1v) is 10.3. The number of hydrogen-bond donors (Lipinski definition) is 1. The van der Waals surface area contributed by atoms with Gasteiger partial charge in [-0.1, -0.05) is 24.6 Å². The molecule has 1 fully saturated rings. The van der Waals surface area contributed by atoms with Crippen LogP contribution >= 0.6 is 11.6 Å². The zero-order valence-electron chi connectivity index (χ0n) is 14.8. The molecule has 0 saturated carbocycles. The number of carbonyl (C=O) groups excluding carboxylic acids is 1. The number of rotatable bonds is 4. The van der Waals surface area contributed by atoms with Crippen molar-refractivity contribution in [2.45, 2.75) is 24.7 Å². The molecular weight excluding hydrogens is 374 g/mol. The topological polar surface area (TPSA) is 71.4 Å². The highest BCUT2D eigenvalue weighted by molar-refractivity contribution is 7.89. The number of anilines is 1. The van der Waals surface area contributed by atoms with Crippen LogP contribution in [0.2, 0.25) is 5.02 Å². The van der Waals surface area contributed by atoms with Gasteiger partial charge in [-0.25, -0.2) is 8.42 Å². The third-order valence-corrected chi connectivity index (χ3v) is 6.62. The Morgan fingerprint density at radius 3 is 2.77 bits per heavy atom. The van der Waals surface area contributed by atoms with Crippen molar-refractivity contribution in [3.05, 3.63) is 47.2 Å². The fourth-order valence-corrected chi connectivity index (χ4v) is 5.04. The number of aryl methyl sites for hydroxylation is 1. The van der Waals surface area contributed by atoms with Gasteiger partial charge in [0, 0.05) is 37.0 Å². The Morgan fingerprint density at radius 1 is 1.31 bits per heavy atom. The number of nitrogens with one attached hydrogen (secondary N) is 1. The summed E-state index contributed by atoms with van der Waals surface area (Å²) in [6.45, 7) is 3.09. The molecule has 6 nitrogen and oxygen atoms in total. The Balaban J connectivity index is 1.83. The van der Waals surface area contributed by atoms with Crippen molar-refractivity contribution in [3.8, 4) is 0 Å². The summed E-state index contributed by atoms with van der Waals surface area (Å²) in [5.41, 5.74) is 0.826. The van der Waals surface area contributed by atoms with Gasteiger partial charge in [0.15, 0.2) is 0 Å². The van der Waals surface area contributed by atoms with Gasteiger partial charge in [0.25, 0.3) is 5.91 Å². The van der Waals surface area contributed by atoms with Crippen molar-refractivity contribution in [1.82, 2.24) is 8.87 Å². The minimum absolute atomic E-state index is 0.144. The molecule has 1 aromatic heterocycles. The van der Waals surface area contributed by atoms with Gasteiger partial charge in [-0.05, 0) is 43.0 Å². The number of halogens is 1. The largest absolute Gasteiger partial charge is 0.345 e. The summed E-state index contributed by atoms with van der Waals surface area (Å²) in [5.74, 6) is -0.0453. The second-order valence-electron chi connectivity index (χ2n) is 6.75. The monoisotopic (exact) mass is 395 g/mol. The molecule has 1 aromatic carbocycles. The lowest BCUT2D eigenvalue weighted by Crippen LogP contribution is -2.38. The summed E-state index contributed by atoms with van der Waals surface area (Å²) in [5, 5.41) is 3.25. The predicted octanol–water partition coefficient (Wildman–Crippen LogP) is 3.35. The van der Waals surface area contributed by atoms with Crippen LogP contribution in [0.4, 0.5) is 5.69 Å². The minimum Gasteiger partial charge on any atom is -0.345 e. The van der Waals surface area contributed by atoms with Crippen LogP contribution in [0, 0.1) is 5.92 Å². The molecule has 1 saturated heterocycles. The lowest BCUT2D eigenvalue weighted by Gasteiger charge is -2.29. The van der Waals surface area contributed by atoms with Crippen molar-refractivity contribution in [1.29, 1.82) is 0 Å². The molecule has 0 aliphatic carbocycles. The molecule has 2 aromatic rings. The number of carbonyl (C=O) groups is 1. The van der Waals surface area contributed by atoms with Crippen LogP contribution in [0.25, 0.3) is 0 Å². The van der Waals surface area contributed by atoms with E-state index in [2.05, 4.69) is 12.2 Å². The number of nitrogens with zero attached hydrogens (tertiary/aromatic N) is 2. The molecule has 1 aliphatic rings. The van der Waals surface area contributed by atoms with E-state index in [-0.39, 0.29) is 16.5 Å². The Bertz CT molecular complexity index is 924. The Labute approximate surface area is 158 Å². The van der Waals surface area contributed by atoms with E-state index in [4.69, 9.17) is 11.6 Å². The standard InChI is InChI=1S/C18H22ClN3O3S/c1-13-5-4-8-22(11-13)26(24,25)16-10-17(21(2)12-16)18(23)20-15-7-3-6-14(19)9-15/h3,6-7,9-10,12-13H,4-5,8,11H2,1-2H3,(H,20,23). The summed E-state index contributed by atoms with van der Waals surface area (Å²) in [6, 6.07) is 8.23. The SMILES string of the molecule is CC1CCCN(S(=O)(=O)c2cc(C(=O)Nc3cccc(Cl)c3)n(C)c2)C1. The summed E-state index contributed by atoms with van der Waals surface area (Å²) < 4.78 is 28.8. The minimum atomic E-state index is -3.60. The maximum atomic E-state index is 12.9. The fraction of sp³-hybridized carbons (Fsp3) is 0.389. The molecule has 140 valence electrons. The van der Waals surface area contributed by atoms with Crippen LogP contribution in [-0.2, 0) is 17.1 Å². The van der Waals surface area contributed by atoms with E-state index in [1.54, 1.807) is 31.3 Å². The molecule has 1 N–H and O–H groups in total. The van der Waals surface area contributed by atoms with E-state index >= 15 is 0 Å². The van der Waals surface area contributed by atoms with Gasteiger partial charge < -0.3 is 9.88 Å². The van der Waals surface area contributed by atoms with E-state index in [1.165, 1.54) is 21.1 Å². The van der Waals surface area contributed by atoms with E-state index < -0.39 is 10.0 Å². The molecule has 1 aliphatic heterocycles. The Morgan fingerprint density at radius 2 is 2.08 bits per heavy atom. The summed E-state index contributed by atoms with van der Waals surface area (Å²) in [4.78, 5) is 12.7. The predicted molar refractivity (Wildman–Crippen MR) is 102 cm³/mol. The van der Waals surface area contributed by atoms with Crippen LogP contribution < -0.4 is 5.32 Å². The molecule has 8 heteroatoms. The fourth-order valence-electron chi connectivity index (χ4n) is 3.18. The number of sulfonamides is 1. The highest BCUT2D eigenvalue weighted by Crippen LogP contribution is 2.25. The zero-order chi connectivity index (χ0) is 18.9. The van der Waals surface area contributed by atoms with Gasteiger partial charge >= 0.3 is 0 Å². The molecule has 0 bridgehead atoms. The normalized spacial score (nSPS) is 18.7. The van der Waals surface area contributed by atoms with E-state index in [0.29, 0.717) is 29.7 Å². The summed E-state index contributed by atoms with van der Waals surface area (Å²) >= 11 is 5.93. The van der Waals surface area contributed by atoms with Gasteiger partial charge in [-0.15, -0.1) is 0 Å². The molecule has 2 heterocycles. The first kappa shape index (κ1) is 18.9. The van der Waals surface area contributed by atoms with E-state index in [1.807, 2.05) is 0 Å². The second-order valence-corrected chi connectivity index (χ2v) is 9.12. The lowest BCUT2D eigenvalue weighted by molar-refractivity contribution is 0.101. The van der Waals surface area contributed by atoms with Crippen LogP contribution in [-0.4, -0.2) is 36.3 Å². The van der Waals surface area contributed by atoms with Crippen molar-refractivity contribution < 1.29 is 13.2 Å². The molecule has 1 atom stereocenters. The highest BCUT2D eigenvalue weighted by atomic mass is 35.5. The van der Waals surface area contributed by atoms with Crippen LogP contribution in [0.5, 0.6) is 0 Å². The number of amides is 1. The van der Waals surface area contributed by atoms with Crippen LogP contribution in [0.3, 0.4) is 0 Å². The molecule has 0 radical (unpaired) electrons. The summed E-state index contributed by atoms with van der Waals surface area (Å²) in [7, 11) is -1.94. The zero-order valence-corrected chi connectivity index (χ0v) is 16.3. The maximum absolute atomic E-state index is 12.9. The third kappa shape index (κ3) is 3.95. The molecule has 3 rings (SSSR count). The average Bonchev–Trinajstić information content (AvgIpc) is 2.97. The number of piperidine rings is 1. The van der Waals surface area contributed by atoms with Crippen LogP contribution in [0.15, 0.2) is 41.4 Å². The molecule has 26 heavy (non-hydrogen) atoms. The van der Waals surface area contributed by atoms with E-state index in [0.717, 1.165) is 12.8 Å². The molecular formula is C18H22ClN3O3S. The average molecular weight is 396 g/mol. The Kier molecular flexibility index (Phi) is 5.41. The third-order valence-electron chi connectivity index (χ3n) is 4.55. The van der Waals surface area contributed by atoms with Gasteiger partial charge in [0.05, 0.1) is 0 Å². The maximum Gasteiger partial charge on any atom is 0.272 e. The van der Waals surface area contributed by atoms with Crippen molar-refractivity contribution in [2.75, 3.05) is 18.4 Å². The van der Waals surface area contributed by atoms with Gasteiger partial charge in [0.2, 0.25) is 10.0 Å². The molecule has 1 amide bonds. The van der Waals surface area contributed by atoms with Gasteiger partial charge in [-0.2, -0.15) is 4.31 Å². The second kappa shape index (κ2) is 7.42. The quantitative estimate of drug-likeness (QED) is 0.862. The van der Waals surface area contributed by atoms with Crippen molar-refractivity contribution in [3.63, 3.8) is 0 Å². The van der Waals surface area contributed by atoms with Gasteiger partial charge in [-0.3, -0.25) is 4.79 Å². The van der Waals surface area contributed by atoms with Gasteiger partial charge in [0.1, 0.15) is 10.6 Å². The highest BCUT2D eigenvalue weighted by Gasteiger charge is 2.30. The van der Waals surface area contributed by atoms with E-state index in [9.17, 15) is 13.2 Å². The van der Waals surface area contributed by atoms with Crippen LogP contribution in [0.1, 0.15) is 30.3 Å². The lowest BCUT2D eigenvalue weighted by atomic mass is 10.0. The first-order chi connectivity index (χ1) is 12.3. The van der Waals surface area contributed by atoms with Crippen molar-refractivity contribution >= 4 is 33.2 Å². The Hall–Kier alpha value is -1.83. The first-order valence-electron chi connectivity index (χ1n) is 8.51. The summed E-state index contributed by atoms with van der Waals surface area (Å²) in [6.07, 6.45) is 3.38. The number of benzene rings is 1. The number of aromatic nitrogens is 1. The van der Waals surface area contributed by atoms with Crippen molar-refractivity contribution in [2.24, 2.45) is 13.0 Å². The number of hydrogen-bond acceptors (Lipinski definition) is 3. The molecule has 0 spiro atoms. The smallest absolute Gasteiger partial charge is 0.272 e.